The maximum absolute atomic E-state index is 12.0. The maximum Gasteiger partial charge on any atom is 1.00 e. The van der Waals surface area contributed by atoms with Crippen LogP contribution in [0.5, 0.6) is 0 Å². The number of H-pyrrole nitrogens is 1. The number of amides is 2. The molecule has 2 heterocycles. The molecule has 0 atom stereocenters. The number of hydrogen-bond acceptors (Lipinski definition) is 7. The van der Waals surface area contributed by atoms with Crippen molar-refractivity contribution in [1.82, 2.24) is 10.3 Å². The monoisotopic (exact) mass is 858 g/mol. The van der Waals surface area contributed by atoms with Gasteiger partial charge in [-0.15, -0.1) is 0 Å². The average Bonchev–Trinajstić information content (AvgIpc) is 3.16. The minimum Gasteiger partial charge on any atom is -1.00 e. The van der Waals surface area contributed by atoms with E-state index in [4.69, 9.17) is 44.9 Å². The van der Waals surface area contributed by atoms with Crippen molar-refractivity contribution in [3.63, 3.8) is 0 Å². The second-order valence-corrected chi connectivity index (χ2v) is 11.6. The third-order valence-corrected chi connectivity index (χ3v) is 7.08. The Morgan fingerprint density at radius 2 is 1.39 bits per heavy atom. The van der Waals surface area contributed by atoms with Crippen LogP contribution in [-0.2, 0) is 20.9 Å². The first-order valence-electron chi connectivity index (χ1n) is 15.8. The summed E-state index contributed by atoms with van der Waals surface area (Å²) in [6, 6.07) is 29.8. The molecule has 0 spiro atoms. The number of benzene rings is 4. The minimum atomic E-state index is -0.833. The molecule has 12 nitrogen and oxygen atoms in total. The van der Waals surface area contributed by atoms with E-state index in [0.717, 1.165) is 51.7 Å². The van der Waals surface area contributed by atoms with Crippen molar-refractivity contribution < 1.29 is 89.4 Å². The molecular weight excluding hydrogens is 822 g/mol. The molecule has 6 aromatic rings. The zero-order valence-electron chi connectivity index (χ0n) is 31.0. The fourth-order valence-corrected chi connectivity index (χ4v) is 4.75. The normalized spacial score (nSPS) is 8.88. The number of anilines is 2. The number of aromatic nitrogens is 2. The SMILES string of the molecule is CC(=O)O.O=C(CNCc1cccc(Cl)c1)Nc1ccc2cnccc2c1.O=Cc1cccc(Cl)c1.[B].[C-]#N.[Cl-].[Cl-].[NH3+]CC(=O)Nc1ccc2c[nH+]ccc2c1.[Na+]. The Morgan fingerprint density at radius 3 is 1.95 bits per heavy atom. The number of halogens is 4. The van der Waals surface area contributed by atoms with Crippen LogP contribution in [0.2, 0.25) is 10.0 Å². The van der Waals surface area contributed by atoms with Crippen LogP contribution >= 0.6 is 23.2 Å². The molecule has 18 heteroatoms. The zero-order valence-corrected chi connectivity index (χ0v) is 36.0. The number of aliphatic carboxylic acids is 1. The van der Waals surface area contributed by atoms with E-state index in [-0.39, 0.29) is 87.7 Å². The second-order valence-electron chi connectivity index (χ2n) is 10.7. The fraction of sp³-hybridized carbons (Fsp3) is 0.103. The average molecular weight is 860 g/mol. The summed E-state index contributed by atoms with van der Waals surface area (Å²) in [5.41, 5.74) is 6.77. The molecule has 0 saturated heterocycles. The van der Waals surface area contributed by atoms with Crippen molar-refractivity contribution in [1.29, 1.82) is 5.26 Å². The molecule has 0 fully saturated rings. The van der Waals surface area contributed by atoms with Crippen LogP contribution in [0.25, 0.3) is 21.5 Å². The molecule has 57 heavy (non-hydrogen) atoms. The van der Waals surface area contributed by atoms with E-state index in [1.54, 1.807) is 36.7 Å². The summed E-state index contributed by atoms with van der Waals surface area (Å²) in [5, 5.41) is 28.0. The number of hydrogen-bond donors (Lipinski definition) is 5. The van der Waals surface area contributed by atoms with Gasteiger partial charge >= 0.3 is 29.6 Å². The summed E-state index contributed by atoms with van der Waals surface area (Å²) in [7, 11) is 0. The van der Waals surface area contributed by atoms with Gasteiger partial charge < -0.3 is 63.4 Å². The predicted octanol–water partition coefficient (Wildman–Crippen LogP) is -3.58. The molecule has 3 radical (unpaired) electrons. The smallest absolute Gasteiger partial charge is 1.00 e. The summed E-state index contributed by atoms with van der Waals surface area (Å²) >= 11 is 11.5. The third kappa shape index (κ3) is 23.3. The van der Waals surface area contributed by atoms with Gasteiger partial charge in [0, 0.05) is 78.1 Å². The van der Waals surface area contributed by atoms with E-state index in [1.165, 1.54) is 0 Å². The van der Waals surface area contributed by atoms with Gasteiger partial charge in [0.2, 0.25) is 5.91 Å². The van der Waals surface area contributed by atoms with Crippen molar-refractivity contribution in [3.05, 3.63) is 150 Å². The quantitative estimate of drug-likeness (QED) is 0.0588. The molecule has 0 saturated carbocycles. The van der Waals surface area contributed by atoms with Crippen LogP contribution in [0.3, 0.4) is 0 Å². The first kappa shape index (κ1) is 56.7. The number of quaternary nitrogens is 1. The van der Waals surface area contributed by atoms with Crippen molar-refractivity contribution in [2.45, 2.75) is 13.5 Å². The van der Waals surface area contributed by atoms with Crippen molar-refractivity contribution in [3.8, 4) is 0 Å². The number of rotatable bonds is 8. The van der Waals surface area contributed by atoms with Gasteiger partial charge in [0.15, 0.2) is 18.9 Å². The number of carboxylic acids is 1. The largest absolute Gasteiger partial charge is 1.00 e. The molecule has 0 unspecified atom stereocenters. The molecule has 0 aliphatic rings. The van der Waals surface area contributed by atoms with Gasteiger partial charge in [-0.1, -0.05) is 53.5 Å². The Hall–Kier alpha value is -4.59. The van der Waals surface area contributed by atoms with Crippen LogP contribution in [0, 0.1) is 11.8 Å². The number of aldehydes is 1. The van der Waals surface area contributed by atoms with Gasteiger partial charge in [-0.25, -0.2) is 4.98 Å². The van der Waals surface area contributed by atoms with Crippen molar-refractivity contribution >= 4 is 88.6 Å². The number of fused-ring (bicyclic) bond motifs is 2. The molecule has 4 aromatic carbocycles. The van der Waals surface area contributed by atoms with Gasteiger partial charge in [0.05, 0.1) is 6.54 Å². The Labute approximate surface area is 377 Å². The Kier molecular flexibility index (Phi) is 32.3. The van der Waals surface area contributed by atoms with E-state index in [1.807, 2.05) is 85.2 Å². The third-order valence-electron chi connectivity index (χ3n) is 6.61. The molecular formula is C39H38BCl4N7NaO5. The molecule has 2 amide bonds. The van der Waals surface area contributed by atoms with Crippen LogP contribution < -0.4 is 81.0 Å². The van der Waals surface area contributed by atoms with Crippen LogP contribution in [0.1, 0.15) is 22.8 Å². The Morgan fingerprint density at radius 1 is 0.825 bits per heavy atom. The van der Waals surface area contributed by atoms with Gasteiger partial charge in [-0.05, 0) is 77.0 Å². The first-order valence-corrected chi connectivity index (χ1v) is 16.5. The van der Waals surface area contributed by atoms with Gasteiger partial charge in [-0.2, -0.15) is 0 Å². The molecule has 0 aliphatic heterocycles. The number of pyridine rings is 2. The van der Waals surface area contributed by atoms with E-state index in [9.17, 15) is 14.4 Å². The number of nitrogens with one attached hydrogen (secondary N) is 4. The summed E-state index contributed by atoms with van der Waals surface area (Å²) in [5.74, 6) is -0.989. The second kappa shape index (κ2) is 32.5. The van der Waals surface area contributed by atoms with E-state index < -0.39 is 5.97 Å². The fourth-order valence-electron chi connectivity index (χ4n) is 4.34. The topological polar surface area (TPSA) is 203 Å². The van der Waals surface area contributed by atoms with E-state index >= 15 is 0 Å². The standard InChI is InChI=1S/C18H16ClN3O.C11H11N3O.C7H5ClO.C2H4O2.CN.B.2ClH.Na/c19-16-3-1-2-13(8-16)10-21-12-18(23)22-17-5-4-15-11-20-7-6-14(15)9-17;12-6-11(15)14-10-2-1-9-7-13-4-3-8(9)5-10;8-7-3-1-2-6(4-7)5-9;1-2(3)4;1-2;;;;/h1-9,11,21H,10,12H2,(H,22,23);1-5,7H,6,12H2,(H,14,15);1-5H;1H3,(H,3,4);;;2*1H;/q;;;;-1;;;;+1. The molecule has 0 bridgehead atoms. The summed E-state index contributed by atoms with van der Waals surface area (Å²) in [6.07, 6.45) is 8.08. The summed E-state index contributed by atoms with van der Waals surface area (Å²) < 4.78 is 0. The summed E-state index contributed by atoms with van der Waals surface area (Å²) in [4.78, 5) is 49.3. The number of carboxylic acid groups (broad SMARTS) is 1. The molecule has 291 valence electrons. The Balaban J connectivity index is -0.000000744. The minimum absolute atomic E-state index is 0. The van der Waals surface area contributed by atoms with Crippen LogP contribution in [0.4, 0.5) is 11.4 Å². The van der Waals surface area contributed by atoms with Gasteiger partial charge in [-0.3, -0.25) is 24.2 Å². The molecule has 2 aromatic heterocycles. The zero-order chi connectivity index (χ0) is 39.0. The van der Waals surface area contributed by atoms with Gasteiger partial charge in [0.1, 0.15) is 6.29 Å². The Bertz CT molecular complexity index is 2150. The molecule has 0 aliphatic carbocycles. The first-order chi connectivity index (χ1) is 25.6. The molecule has 6 rings (SSSR count). The van der Waals surface area contributed by atoms with Crippen LogP contribution in [-0.4, -0.2) is 55.7 Å². The molecule has 8 N–H and O–H groups in total. The van der Waals surface area contributed by atoms with Crippen molar-refractivity contribution in [2.75, 3.05) is 23.7 Å². The predicted molar refractivity (Wildman–Crippen MR) is 211 cm³/mol. The van der Waals surface area contributed by atoms with E-state index in [0.29, 0.717) is 22.2 Å². The number of carbonyl (C=O) groups excluding carboxylic acids is 3. The summed E-state index contributed by atoms with van der Waals surface area (Å²) in [6.45, 7) is 6.92. The van der Waals surface area contributed by atoms with Crippen LogP contribution in [0.15, 0.2) is 122 Å². The van der Waals surface area contributed by atoms with E-state index in [2.05, 4.69) is 31.7 Å². The number of nitrogens with zero attached hydrogens (tertiary/aromatic N) is 2. The number of carbonyl (C=O) groups is 4. The van der Waals surface area contributed by atoms with Gasteiger partial charge in [0.25, 0.3) is 11.9 Å². The number of aromatic amines is 1. The maximum atomic E-state index is 12.0. The van der Waals surface area contributed by atoms with Crippen molar-refractivity contribution in [2.24, 2.45) is 0 Å².